The lowest BCUT2D eigenvalue weighted by atomic mass is 9.78. The monoisotopic (exact) mass is 422 g/mol. The first-order valence-corrected chi connectivity index (χ1v) is 10.2. The summed E-state index contributed by atoms with van der Waals surface area (Å²) in [5.74, 6) is -1.25. The lowest BCUT2D eigenvalue weighted by Gasteiger charge is -2.23. The van der Waals surface area contributed by atoms with Crippen LogP contribution in [0.5, 0.6) is 0 Å². The summed E-state index contributed by atoms with van der Waals surface area (Å²) in [6, 6.07) is 5.54. The van der Waals surface area contributed by atoms with Crippen LogP contribution in [-0.4, -0.2) is 40.3 Å². The van der Waals surface area contributed by atoms with Gasteiger partial charge < -0.3 is 21.7 Å². The number of primary amides is 1. The summed E-state index contributed by atoms with van der Waals surface area (Å²) in [5.41, 5.74) is 7.74. The summed E-state index contributed by atoms with van der Waals surface area (Å²) in [5, 5.41) is 8.89. The number of carbonyl (C=O) groups is 3. The molecular weight excluding hydrogens is 396 g/mol. The van der Waals surface area contributed by atoms with Gasteiger partial charge in [0, 0.05) is 12.2 Å². The molecule has 9 heteroatoms. The lowest BCUT2D eigenvalue weighted by Crippen LogP contribution is -2.36. The normalized spacial score (nSPS) is 22.3. The Bertz CT molecular complexity index is 1060. The van der Waals surface area contributed by atoms with Crippen molar-refractivity contribution in [2.75, 3.05) is 17.2 Å². The Morgan fingerprint density at radius 1 is 1.26 bits per heavy atom. The van der Waals surface area contributed by atoms with Crippen LogP contribution >= 0.6 is 0 Å². The molecule has 162 valence electrons. The second kappa shape index (κ2) is 7.42. The van der Waals surface area contributed by atoms with Gasteiger partial charge in [-0.3, -0.25) is 14.4 Å². The molecule has 1 saturated heterocycles. The maximum Gasteiger partial charge on any atom is 0.286 e. The fourth-order valence-electron chi connectivity index (χ4n) is 4.29. The minimum atomic E-state index is -0.780. The van der Waals surface area contributed by atoms with Gasteiger partial charge in [-0.1, -0.05) is 32.9 Å². The van der Waals surface area contributed by atoms with Crippen LogP contribution < -0.4 is 21.7 Å². The number of carbonyl (C=O) groups excluding carboxylic acids is 3. The molecule has 2 aromatic rings. The van der Waals surface area contributed by atoms with E-state index in [2.05, 4.69) is 52.8 Å². The predicted octanol–water partition coefficient (Wildman–Crippen LogP) is 1.35. The minimum Gasteiger partial charge on any atom is -0.363 e. The van der Waals surface area contributed by atoms with Gasteiger partial charge in [0.15, 0.2) is 0 Å². The van der Waals surface area contributed by atoms with Gasteiger partial charge in [-0.05, 0) is 35.4 Å². The molecule has 0 saturated carbocycles. The second-order valence-corrected chi connectivity index (χ2v) is 9.44. The molecule has 2 aliphatic heterocycles. The Balaban J connectivity index is 1.52. The molecule has 2 unspecified atom stereocenters. The van der Waals surface area contributed by atoms with Crippen molar-refractivity contribution in [2.24, 2.45) is 11.1 Å². The molecule has 0 aliphatic carbocycles. The largest absolute Gasteiger partial charge is 0.363 e. The van der Waals surface area contributed by atoms with Gasteiger partial charge in [0.2, 0.25) is 17.6 Å². The van der Waals surface area contributed by atoms with E-state index in [1.165, 1.54) is 18.0 Å². The highest BCUT2D eigenvalue weighted by molar-refractivity contribution is 6.08. The molecule has 31 heavy (non-hydrogen) atoms. The van der Waals surface area contributed by atoms with E-state index in [1.807, 2.05) is 12.1 Å². The van der Waals surface area contributed by atoms with Crippen molar-refractivity contribution in [2.45, 2.75) is 45.1 Å². The molecule has 2 aliphatic rings. The number of hydrogen-bond donors (Lipinski definition) is 4. The Morgan fingerprint density at radius 3 is 2.61 bits per heavy atom. The Hall–Kier alpha value is -3.33. The molecule has 4 rings (SSSR count). The number of anilines is 2. The second-order valence-electron chi connectivity index (χ2n) is 9.44. The van der Waals surface area contributed by atoms with Crippen molar-refractivity contribution < 1.29 is 14.4 Å². The van der Waals surface area contributed by atoms with Crippen molar-refractivity contribution in [3.05, 3.63) is 47.5 Å². The van der Waals surface area contributed by atoms with Crippen LogP contribution in [0.25, 0.3) is 0 Å². The van der Waals surface area contributed by atoms with Crippen molar-refractivity contribution in [3.63, 3.8) is 0 Å². The fraction of sp³-hybridized carbons (Fsp3) is 0.409. The van der Waals surface area contributed by atoms with E-state index < -0.39 is 17.4 Å². The highest BCUT2D eigenvalue weighted by Crippen LogP contribution is 2.44. The van der Waals surface area contributed by atoms with Gasteiger partial charge in [-0.2, -0.15) is 0 Å². The summed E-state index contributed by atoms with van der Waals surface area (Å²) in [4.78, 5) is 44.5. The number of hydrogen-bond acceptors (Lipinski definition) is 6. The van der Waals surface area contributed by atoms with Gasteiger partial charge >= 0.3 is 0 Å². The summed E-state index contributed by atoms with van der Waals surface area (Å²) in [7, 11) is 0. The molecule has 9 nitrogen and oxygen atoms in total. The number of rotatable bonds is 4. The summed E-state index contributed by atoms with van der Waals surface area (Å²) in [6.45, 7) is 6.91. The van der Waals surface area contributed by atoms with Crippen molar-refractivity contribution in [3.8, 4) is 0 Å². The highest BCUT2D eigenvalue weighted by Gasteiger charge is 2.53. The quantitative estimate of drug-likeness (QED) is 0.587. The Morgan fingerprint density at radius 2 is 1.97 bits per heavy atom. The van der Waals surface area contributed by atoms with Gasteiger partial charge in [0.25, 0.3) is 5.91 Å². The van der Waals surface area contributed by atoms with Crippen LogP contribution in [0.4, 0.5) is 11.4 Å². The SMILES string of the molecule is CC(C)(C)Cc1ccc2c(c1)C1(CNC(C(=O)Nc3cnc(C(N)=O)nc3)C1)C(=O)N2. The number of nitrogens with zero attached hydrogens (tertiary/aromatic N) is 2. The minimum absolute atomic E-state index is 0.0904. The molecule has 1 aromatic heterocycles. The fourth-order valence-corrected chi connectivity index (χ4v) is 4.29. The number of benzene rings is 1. The molecule has 1 spiro atoms. The standard InChI is InChI=1S/C22H26N6O3/c1-21(2,3)7-12-4-5-15-14(6-12)22(20(31)28-15)8-16(26-11-22)19(30)27-13-9-24-18(17(23)29)25-10-13/h4-6,9-10,16,26H,7-8,11H2,1-3H3,(H2,23,29)(H,27,30)(H,28,31). The first kappa shape index (κ1) is 20.9. The Labute approximate surface area is 180 Å². The molecule has 0 bridgehead atoms. The van der Waals surface area contributed by atoms with Crippen molar-refractivity contribution in [1.82, 2.24) is 15.3 Å². The zero-order chi connectivity index (χ0) is 22.4. The van der Waals surface area contributed by atoms with Crippen LogP contribution in [-0.2, 0) is 21.4 Å². The van der Waals surface area contributed by atoms with Crippen LogP contribution in [0.2, 0.25) is 0 Å². The van der Waals surface area contributed by atoms with Crippen LogP contribution in [0.3, 0.4) is 0 Å². The highest BCUT2D eigenvalue weighted by atomic mass is 16.2. The zero-order valence-corrected chi connectivity index (χ0v) is 17.8. The molecule has 5 N–H and O–H groups in total. The average Bonchev–Trinajstić information content (AvgIpc) is 3.25. The lowest BCUT2D eigenvalue weighted by molar-refractivity contribution is -0.120. The molecular formula is C22H26N6O3. The van der Waals surface area contributed by atoms with E-state index in [9.17, 15) is 14.4 Å². The van der Waals surface area contributed by atoms with E-state index in [-0.39, 0.29) is 23.1 Å². The average molecular weight is 422 g/mol. The smallest absolute Gasteiger partial charge is 0.286 e. The third-order valence-electron chi connectivity index (χ3n) is 5.68. The number of amides is 3. The van der Waals surface area contributed by atoms with Gasteiger partial charge in [0.1, 0.15) is 0 Å². The van der Waals surface area contributed by atoms with Gasteiger partial charge in [-0.25, -0.2) is 9.97 Å². The maximum atomic E-state index is 12.9. The van der Waals surface area contributed by atoms with E-state index in [4.69, 9.17) is 5.73 Å². The maximum absolute atomic E-state index is 12.9. The molecule has 1 fully saturated rings. The Kier molecular flexibility index (Phi) is 5.01. The van der Waals surface area contributed by atoms with E-state index in [0.29, 0.717) is 18.7 Å². The van der Waals surface area contributed by atoms with Gasteiger partial charge in [-0.15, -0.1) is 0 Å². The molecule has 2 atom stereocenters. The van der Waals surface area contributed by atoms with Gasteiger partial charge in [0.05, 0.1) is 29.5 Å². The summed E-state index contributed by atoms with van der Waals surface area (Å²) < 4.78 is 0. The molecule has 0 radical (unpaired) electrons. The van der Waals surface area contributed by atoms with Crippen LogP contribution in [0.15, 0.2) is 30.6 Å². The molecule has 3 heterocycles. The topological polar surface area (TPSA) is 139 Å². The first-order chi connectivity index (χ1) is 14.6. The number of nitrogens with one attached hydrogen (secondary N) is 3. The number of aromatic nitrogens is 2. The van der Waals surface area contributed by atoms with Crippen molar-refractivity contribution >= 4 is 29.1 Å². The summed E-state index contributed by atoms with van der Waals surface area (Å²) >= 11 is 0. The molecule has 1 aromatic carbocycles. The number of nitrogens with two attached hydrogens (primary N) is 1. The van der Waals surface area contributed by atoms with E-state index in [0.717, 1.165) is 17.7 Å². The third-order valence-corrected chi connectivity index (χ3v) is 5.68. The predicted molar refractivity (Wildman–Crippen MR) is 115 cm³/mol. The van der Waals surface area contributed by atoms with Crippen LogP contribution in [0, 0.1) is 5.41 Å². The third kappa shape index (κ3) is 4.00. The van der Waals surface area contributed by atoms with E-state index in [1.54, 1.807) is 0 Å². The van der Waals surface area contributed by atoms with Crippen LogP contribution in [0.1, 0.15) is 48.9 Å². The zero-order valence-electron chi connectivity index (χ0n) is 17.8. The van der Waals surface area contributed by atoms with Crippen molar-refractivity contribution in [1.29, 1.82) is 0 Å². The first-order valence-electron chi connectivity index (χ1n) is 10.2. The number of fused-ring (bicyclic) bond motifs is 2. The summed E-state index contributed by atoms with van der Waals surface area (Å²) in [6.07, 6.45) is 3.89. The van der Waals surface area contributed by atoms with E-state index >= 15 is 0 Å². The molecule has 3 amide bonds.